The number of piperidine rings is 1. The summed E-state index contributed by atoms with van der Waals surface area (Å²) < 4.78 is 16.6. The first-order valence-electron chi connectivity index (χ1n) is 8.98. The number of hydrogen-bond donors (Lipinski definition) is 0. The molecule has 0 unspecified atom stereocenters. The molecule has 0 spiro atoms. The summed E-state index contributed by atoms with van der Waals surface area (Å²) in [5.74, 6) is 1.40. The minimum Gasteiger partial charge on any atom is -0.467 e. The molecule has 0 N–H and O–H groups in total. The van der Waals surface area contributed by atoms with E-state index in [1.54, 1.807) is 6.26 Å². The summed E-state index contributed by atoms with van der Waals surface area (Å²) in [6.45, 7) is 10.0. The molecule has 0 aromatic carbocycles. The fourth-order valence-electron chi connectivity index (χ4n) is 3.03. The van der Waals surface area contributed by atoms with E-state index in [0.717, 1.165) is 38.1 Å². The quantitative estimate of drug-likeness (QED) is 0.701. The summed E-state index contributed by atoms with van der Waals surface area (Å²) in [5.41, 5.74) is -0.431. The Morgan fingerprint density at radius 1 is 1.46 bits per heavy atom. The fraction of sp³-hybridized carbons (Fsp3) is 0.737. The van der Waals surface area contributed by atoms with Crippen LogP contribution in [0.2, 0.25) is 0 Å². The van der Waals surface area contributed by atoms with Gasteiger partial charge < -0.3 is 18.8 Å². The van der Waals surface area contributed by atoms with Crippen molar-refractivity contribution in [2.24, 2.45) is 5.92 Å². The number of furan rings is 1. The molecule has 0 bridgehead atoms. The van der Waals surface area contributed by atoms with Crippen LogP contribution >= 0.6 is 0 Å². The van der Waals surface area contributed by atoms with Gasteiger partial charge in [-0.3, -0.25) is 0 Å². The van der Waals surface area contributed by atoms with Crippen LogP contribution in [-0.4, -0.2) is 36.3 Å². The second-order valence-electron chi connectivity index (χ2n) is 7.61. The van der Waals surface area contributed by atoms with Crippen LogP contribution in [0, 0.1) is 5.92 Å². The third kappa shape index (κ3) is 6.19. The molecule has 1 saturated heterocycles. The number of hydrogen-bond acceptors (Lipinski definition) is 4. The Bertz CT molecular complexity index is 492. The number of ether oxygens (including phenoxy) is 2. The SMILES string of the molecule is C[C@H](OCCC[C@@H]1CCCN(C(=O)OC(C)(C)C)C1)c1ccco1. The molecule has 0 radical (unpaired) electrons. The zero-order valence-electron chi connectivity index (χ0n) is 15.4. The van der Waals surface area contributed by atoms with Crippen LogP contribution in [0.15, 0.2) is 22.8 Å². The summed E-state index contributed by atoms with van der Waals surface area (Å²) in [7, 11) is 0. The zero-order chi connectivity index (χ0) is 17.6. The van der Waals surface area contributed by atoms with Crippen molar-refractivity contribution in [2.45, 2.75) is 65.1 Å². The molecule has 0 aliphatic carbocycles. The zero-order valence-corrected chi connectivity index (χ0v) is 15.4. The fourth-order valence-corrected chi connectivity index (χ4v) is 3.03. The van der Waals surface area contributed by atoms with Crippen LogP contribution in [0.1, 0.15) is 65.2 Å². The van der Waals surface area contributed by atoms with Gasteiger partial charge in [-0.15, -0.1) is 0 Å². The van der Waals surface area contributed by atoms with Crippen molar-refractivity contribution in [3.63, 3.8) is 0 Å². The minimum atomic E-state index is -0.431. The van der Waals surface area contributed by atoms with Crippen LogP contribution in [0.4, 0.5) is 4.79 Å². The van der Waals surface area contributed by atoms with Gasteiger partial charge in [-0.05, 0) is 71.4 Å². The predicted molar refractivity (Wildman–Crippen MR) is 92.8 cm³/mol. The highest BCUT2D eigenvalue weighted by Crippen LogP contribution is 2.24. The van der Waals surface area contributed by atoms with E-state index in [0.29, 0.717) is 12.5 Å². The van der Waals surface area contributed by atoms with Gasteiger partial charge in [-0.25, -0.2) is 4.79 Å². The van der Waals surface area contributed by atoms with Gasteiger partial charge in [0.05, 0.1) is 6.26 Å². The first-order chi connectivity index (χ1) is 11.3. The molecule has 1 aliphatic rings. The Morgan fingerprint density at radius 3 is 2.92 bits per heavy atom. The standard InChI is InChI=1S/C19H31NO4/c1-15(17-10-7-13-23-17)22-12-6-9-16-8-5-11-20(14-16)18(21)24-19(2,3)4/h7,10,13,15-16H,5-6,8-9,11-12,14H2,1-4H3/t15-,16-/m0/s1. The van der Waals surface area contributed by atoms with E-state index in [1.165, 1.54) is 6.42 Å². The lowest BCUT2D eigenvalue weighted by molar-refractivity contribution is 0.0143. The van der Waals surface area contributed by atoms with Crippen LogP contribution in [0.3, 0.4) is 0 Å². The lowest BCUT2D eigenvalue weighted by Crippen LogP contribution is -2.42. The molecular weight excluding hydrogens is 306 g/mol. The molecule has 2 rings (SSSR count). The summed E-state index contributed by atoms with van der Waals surface area (Å²) in [4.78, 5) is 14.0. The van der Waals surface area contributed by atoms with Gasteiger partial charge in [0.15, 0.2) is 0 Å². The Balaban J connectivity index is 1.66. The molecule has 0 saturated carbocycles. The Labute approximate surface area is 145 Å². The van der Waals surface area contributed by atoms with Gasteiger partial charge in [-0.2, -0.15) is 0 Å². The summed E-state index contributed by atoms with van der Waals surface area (Å²) >= 11 is 0. The largest absolute Gasteiger partial charge is 0.467 e. The maximum Gasteiger partial charge on any atom is 0.410 e. The smallest absolute Gasteiger partial charge is 0.410 e. The first kappa shape index (κ1) is 18.8. The number of carbonyl (C=O) groups is 1. The number of amides is 1. The van der Waals surface area contributed by atoms with E-state index >= 15 is 0 Å². The van der Waals surface area contributed by atoms with Crippen molar-refractivity contribution < 1.29 is 18.7 Å². The van der Waals surface area contributed by atoms with E-state index in [1.807, 2.05) is 44.7 Å². The maximum absolute atomic E-state index is 12.2. The molecule has 1 aliphatic heterocycles. The predicted octanol–water partition coefficient (Wildman–Crippen LogP) is 4.78. The minimum absolute atomic E-state index is 0.00961. The Hall–Kier alpha value is -1.49. The van der Waals surface area contributed by atoms with Crippen molar-refractivity contribution in [2.75, 3.05) is 19.7 Å². The molecule has 24 heavy (non-hydrogen) atoms. The second-order valence-corrected chi connectivity index (χ2v) is 7.61. The topological polar surface area (TPSA) is 51.9 Å². The molecule has 2 atom stereocenters. The van der Waals surface area contributed by atoms with E-state index in [-0.39, 0.29) is 12.2 Å². The van der Waals surface area contributed by atoms with Crippen molar-refractivity contribution in [3.8, 4) is 0 Å². The van der Waals surface area contributed by atoms with Gasteiger partial charge in [-0.1, -0.05) is 0 Å². The molecule has 1 fully saturated rings. The van der Waals surface area contributed by atoms with Crippen molar-refractivity contribution in [1.82, 2.24) is 4.90 Å². The molecule has 5 nitrogen and oxygen atoms in total. The Kier molecular flexibility index (Phi) is 6.72. The third-order valence-corrected chi connectivity index (χ3v) is 4.24. The molecular formula is C19H31NO4. The van der Waals surface area contributed by atoms with E-state index in [4.69, 9.17) is 13.9 Å². The molecule has 2 heterocycles. The average molecular weight is 337 g/mol. The van der Waals surface area contributed by atoms with E-state index in [2.05, 4.69) is 0 Å². The van der Waals surface area contributed by atoms with Gasteiger partial charge in [0.2, 0.25) is 0 Å². The molecule has 1 amide bonds. The number of rotatable bonds is 6. The van der Waals surface area contributed by atoms with Crippen molar-refractivity contribution in [1.29, 1.82) is 0 Å². The lowest BCUT2D eigenvalue weighted by atomic mass is 9.94. The highest BCUT2D eigenvalue weighted by molar-refractivity contribution is 5.68. The third-order valence-electron chi connectivity index (χ3n) is 4.24. The van der Waals surface area contributed by atoms with Gasteiger partial charge in [0.25, 0.3) is 0 Å². The van der Waals surface area contributed by atoms with Gasteiger partial charge >= 0.3 is 6.09 Å². The van der Waals surface area contributed by atoms with Crippen molar-refractivity contribution >= 4 is 6.09 Å². The number of likely N-dealkylation sites (tertiary alicyclic amines) is 1. The number of nitrogens with zero attached hydrogens (tertiary/aromatic N) is 1. The van der Waals surface area contributed by atoms with E-state index < -0.39 is 5.60 Å². The first-order valence-corrected chi connectivity index (χ1v) is 8.98. The van der Waals surface area contributed by atoms with Crippen LogP contribution in [0.25, 0.3) is 0 Å². The highest BCUT2D eigenvalue weighted by Gasteiger charge is 2.27. The van der Waals surface area contributed by atoms with Crippen LogP contribution in [-0.2, 0) is 9.47 Å². The Morgan fingerprint density at radius 2 is 2.25 bits per heavy atom. The molecule has 136 valence electrons. The van der Waals surface area contributed by atoms with Crippen molar-refractivity contribution in [3.05, 3.63) is 24.2 Å². The normalized spacial score (nSPS) is 20.0. The van der Waals surface area contributed by atoms with Crippen LogP contribution < -0.4 is 0 Å². The highest BCUT2D eigenvalue weighted by atomic mass is 16.6. The summed E-state index contributed by atoms with van der Waals surface area (Å²) in [5, 5.41) is 0. The monoisotopic (exact) mass is 337 g/mol. The lowest BCUT2D eigenvalue weighted by Gasteiger charge is -2.34. The molecule has 1 aromatic rings. The molecule has 1 aromatic heterocycles. The van der Waals surface area contributed by atoms with Gasteiger partial charge in [0.1, 0.15) is 17.5 Å². The van der Waals surface area contributed by atoms with E-state index in [9.17, 15) is 4.79 Å². The van der Waals surface area contributed by atoms with Gasteiger partial charge in [0, 0.05) is 19.7 Å². The average Bonchev–Trinajstić information content (AvgIpc) is 3.04. The summed E-state index contributed by atoms with van der Waals surface area (Å²) in [6, 6.07) is 3.81. The maximum atomic E-state index is 12.2. The number of carbonyl (C=O) groups excluding carboxylic acids is 1. The van der Waals surface area contributed by atoms with Crippen LogP contribution in [0.5, 0.6) is 0 Å². The second kappa shape index (κ2) is 8.56. The summed E-state index contributed by atoms with van der Waals surface area (Å²) in [6.07, 6.45) is 5.77. The molecule has 5 heteroatoms.